The second kappa shape index (κ2) is 4.37. The maximum Gasteiger partial charge on any atom is 0.222 e. The molecule has 0 aliphatic carbocycles. The number of benzene rings is 1. The van der Waals surface area contributed by atoms with Crippen LogP contribution in [0.1, 0.15) is 11.1 Å². The molecular formula is C12H13FN4. The molecule has 1 aromatic carbocycles. The summed E-state index contributed by atoms with van der Waals surface area (Å²) < 4.78 is 13.4. The minimum atomic E-state index is -0.528. The zero-order valence-electron chi connectivity index (χ0n) is 9.66. The Bertz CT molecular complexity index is 505. The molecular weight excluding hydrogens is 219 g/mol. The van der Waals surface area contributed by atoms with E-state index in [1.165, 1.54) is 0 Å². The van der Waals surface area contributed by atoms with Crippen LogP contribution >= 0.6 is 0 Å². The Morgan fingerprint density at radius 3 is 2.82 bits per heavy atom. The van der Waals surface area contributed by atoms with Gasteiger partial charge in [-0.25, -0.2) is 9.37 Å². The number of hydrogen-bond donors (Lipinski definition) is 2. The third-order valence-electron chi connectivity index (χ3n) is 2.41. The normalized spacial score (nSPS) is 10.3. The molecule has 0 aliphatic rings. The van der Waals surface area contributed by atoms with Gasteiger partial charge in [-0.2, -0.15) is 4.98 Å². The maximum absolute atomic E-state index is 13.4. The molecule has 0 saturated carbocycles. The Balaban J connectivity index is 2.37. The van der Waals surface area contributed by atoms with E-state index in [0.717, 1.165) is 23.0 Å². The average Bonchev–Trinajstić information content (AvgIpc) is 2.28. The van der Waals surface area contributed by atoms with Gasteiger partial charge in [0, 0.05) is 5.69 Å². The molecule has 0 saturated heterocycles. The van der Waals surface area contributed by atoms with Gasteiger partial charge in [-0.1, -0.05) is 12.1 Å². The Kier molecular flexibility index (Phi) is 2.91. The van der Waals surface area contributed by atoms with E-state index in [-0.39, 0.29) is 11.8 Å². The van der Waals surface area contributed by atoms with Gasteiger partial charge >= 0.3 is 0 Å². The van der Waals surface area contributed by atoms with Gasteiger partial charge in [0.05, 0.1) is 6.20 Å². The lowest BCUT2D eigenvalue weighted by Crippen LogP contribution is -2.03. The predicted molar refractivity (Wildman–Crippen MR) is 65.6 cm³/mol. The topological polar surface area (TPSA) is 63.8 Å². The first-order chi connectivity index (χ1) is 8.06. The number of anilines is 3. The summed E-state index contributed by atoms with van der Waals surface area (Å²) >= 11 is 0. The molecule has 2 rings (SSSR count). The van der Waals surface area contributed by atoms with E-state index < -0.39 is 5.82 Å². The monoisotopic (exact) mass is 232 g/mol. The molecule has 0 bridgehead atoms. The van der Waals surface area contributed by atoms with E-state index in [4.69, 9.17) is 5.73 Å². The van der Waals surface area contributed by atoms with Crippen molar-refractivity contribution in [1.29, 1.82) is 0 Å². The molecule has 4 nitrogen and oxygen atoms in total. The molecule has 88 valence electrons. The van der Waals surface area contributed by atoms with Crippen molar-refractivity contribution in [1.82, 2.24) is 9.97 Å². The molecule has 2 aromatic rings. The summed E-state index contributed by atoms with van der Waals surface area (Å²) in [5.41, 5.74) is 8.32. The van der Waals surface area contributed by atoms with Gasteiger partial charge in [-0.3, -0.25) is 0 Å². The smallest absolute Gasteiger partial charge is 0.222 e. The predicted octanol–water partition coefficient (Wildman–Crippen LogP) is 2.56. The van der Waals surface area contributed by atoms with Crippen LogP contribution in [0.4, 0.5) is 21.8 Å². The zero-order valence-corrected chi connectivity index (χ0v) is 9.66. The Morgan fingerprint density at radius 1 is 1.29 bits per heavy atom. The number of aryl methyl sites for hydroxylation is 2. The lowest BCUT2D eigenvalue weighted by Gasteiger charge is -2.10. The standard InChI is InChI=1S/C12H13FN4/c1-7-3-4-8(2)10(5-7)16-11-9(13)6-15-12(14)17-11/h3-6H,1-2H3,(H3,14,15,16,17). The van der Waals surface area contributed by atoms with Crippen LogP contribution in [0.15, 0.2) is 24.4 Å². The summed E-state index contributed by atoms with van der Waals surface area (Å²) in [6.07, 6.45) is 1.05. The van der Waals surface area contributed by atoms with Crippen LogP contribution in [0.3, 0.4) is 0 Å². The zero-order chi connectivity index (χ0) is 12.4. The van der Waals surface area contributed by atoms with E-state index in [1.807, 2.05) is 32.0 Å². The fourth-order valence-electron chi connectivity index (χ4n) is 1.47. The van der Waals surface area contributed by atoms with Crippen LogP contribution in [0.5, 0.6) is 0 Å². The van der Waals surface area contributed by atoms with Gasteiger partial charge in [0.1, 0.15) is 0 Å². The number of hydrogen-bond acceptors (Lipinski definition) is 4. The van der Waals surface area contributed by atoms with Crippen molar-refractivity contribution in [2.75, 3.05) is 11.1 Å². The minimum absolute atomic E-state index is 0.0409. The van der Waals surface area contributed by atoms with Gasteiger partial charge in [0.15, 0.2) is 11.6 Å². The Labute approximate surface area is 98.7 Å². The second-order valence-corrected chi connectivity index (χ2v) is 3.87. The molecule has 1 heterocycles. The summed E-state index contributed by atoms with van der Waals surface area (Å²) in [6.45, 7) is 3.90. The number of nitrogens with zero attached hydrogens (tertiary/aromatic N) is 2. The van der Waals surface area contributed by atoms with E-state index in [1.54, 1.807) is 0 Å². The van der Waals surface area contributed by atoms with Crippen molar-refractivity contribution >= 4 is 17.5 Å². The number of rotatable bonds is 2. The van der Waals surface area contributed by atoms with Gasteiger partial charge < -0.3 is 11.1 Å². The van der Waals surface area contributed by atoms with Crippen LogP contribution < -0.4 is 11.1 Å². The molecule has 0 fully saturated rings. The van der Waals surface area contributed by atoms with Crippen LogP contribution in [-0.2, 0) is 0 Å². The second-order valence-electron chi connectivity index (χ2n) is 3.87. The van der Waals surface area contributed by atoms with Crippen molar-refractivity contribution in [3.63, 3.8) is 0 Å². The van der Waals surface area contributed by atoms with Gasteiger partial charge in [0.2, 0.25) is 5.95 Å². The molecule has 0 spiro atoms. The number of nitrogens with two attached hydrogens (primary N) is 1. The summed E-state index contributed by atoms with van der Waals surface area (Å²) in [5, 5.41) is 2.92. The molecule has 17 heavy (non-hydrogen) atoms. The van der Waals surface area contributed by atoms with Gasteiger partial charge in [0.25, 0.3) is 0 Å². The first-order valence-corrected chi connectivity index (χ1v) is 5.18. The van der Waals surface area contributed by atoms with Crippen molar-refractivity contribution in [2.45, 2.75) is 13.8 Å². The van der Waals surface area contributed by atoms with E-state index >= 15 is 0 Å². The summed E-state index contributed by atoms with van der Waals surface area (Å²) in [6, 6.07) is 5.87. The third kappa shape index (κ3) is 2.50. The first-order valence-electron chi connectivity index (χ1n) is 5.18. The lowest BCUT2D eigenvalue weighted by molar-refractivity contribution is 0.620. The molecule has 5 heteroatoms. The number of nitrogen functional groups attached to an aromatic ring is 1. The molecule has 0 amide bonds. The molecule has 0 atom stereocenters. The molecule has 0 radical (unpaired) electrons. The minimum Gasteiger partial charge on any atom is -0.368 e. The maximum atomic E-state index is 13.4. The highest BCUT2D eigenvalue weighted by Crippen LogP contribution is 2.22. The molecule has 0 aliphatic heterocycles. The van der Waals surface area contributed by atoms with Crippen LogP contribution in [-0.4, -0.2) is 9.97 Å². The van der Waals surface area contributed by atoms with Crippen LogP contribution in [0.2, 0.25) is 0 Å². The SMILES string of the molecule is Cc1ccc(C)c(Nc2nc(N)ncc2F)c1. The third-order valence-corrected chi connectivity index (χ3v) is 2.41. The largest absolute Gasteiger partial charge is 0.368 e. The summed E-state index contributed by atoms with van der Waals surface area (Å²) in [5.74, 6) is -0.398. The summed E-state index contributed by atoms with van der Waals surface area (Å²) in [4.78, 5) is 7.39. The molecule has 0 unspecified atom stereocenters. The highest BCUT2D eigenvalue weighted by Gasteiger charge is 2.07. The summed E-state index contributed by atoms with van der Waals surface area (Å²) in [7, 11) is 0. The highest BCUT2D eigenvalue weighted by atomic mass is 19.1. The highest BCUT2D eigenvalue weighted by molar-refractivity contribution is 5.62. The van der Waals surface area contributed by atoms with Crippen molar-refractivity contribution in [3.05, 3.63) is 41.3 Å². The van der Waals surface area contributed by atoms with E-state index in [2.05, 4.69) is 15.3 Å². The number of nitrogens with one attached hydrogen (secondary N) is 1. The van der Waals surface area contributed by atoms with Crippen LogP contribution in [0, 0.1) is 19.7 Å². The van der Waals surface area contributed by atoms with Gasteiger partial charge in [-0.05, 0) is 31.0 Å². The van der Waals surface area contributed by atoms with Crippen LogP contribution in [0.25, 0.3) is 0 Å². The van der Waals surface area contributed by atoms with Crippen molar-refractivity contribution in [3.8, 4) is 0 Å². The fourth-order valence-corrected chi connectivity index (χ4v) is 1.47. The average molecular weight is 232 g/mol. The molecule has 1 aromatic heterocycles. The quantitative estimate of drug-likeness (QED) is 0.835. The fraction of sp³-hybridized carbons (Fsp3) is 0.167. The Hall–Kier alpha value is -2.17. The Morgan fingerprint density at radius 2 is 2.06 bits per heavy atom. The van der Waals surface area contributed by atoms with Crippen molar-refractivity contribution < 1.29 is 4.39 Å². The first kappa shape index (κ1) is 11.3. The molecule has 3 N–H and O–H groups in total. The van der Waals surface area contributed by atoms with Gasteiger partial charge in [-0.15, -0.1) is 0 Å². The van der Waals surface area contributed by atoms with E-state index in [0.29, 0.717) is 0 Å². The number of aromatic nitrogens is 2. The van der Waals surface area contributed by atoms with E-state index in [9.17, 15) is 4.39 Å². The number of halogens is 1. The van der Waals surface area contributed by atoms with Crippen molar-refractivity contribution in [2.24, 2.45) is 0 Å². The lowest BCUT2D eigenvalue weighted by atomic mass is 10.1.